The fraction of sp³-hybridized carbons (Fsp3) is 0.440. The molecule has 2 amide bonds. The van der Waals surface area contributed by atoms with Crippen molar-refractivity contribution in [3.8, 4) is 0 Å². The summed E-state index contributed by atoms with van der Waals surface area (Å²) in [6.45, 7) is 13.6. The van der Waals surface area contributed by atoms with E-state index in [1.165, 1.54) is 21.7 Å². The van der Waals surface area contributed by atoms with Gasteiger partial charge >= 0.3 is 0 Å². The van der Waals surface area contributed by atoms with Crippen LogP contribution < -0.4 is 20.0 Å². The summed E-state index contributed by atoms with van der Waals surface area (Å²) in [5.74, 6) is -0.149. The molecule has 0 unspecified atom stereocenters. The summed E-state index contributed by atoms with van der Waals surface area (Å²) in [7, 11) is 0. The number of rotatable bonds is 3. The number of carbonyl (C=O) groups excluding carboxylic acids is 2. The molecule has 2 aromatic rings. The number of amides is 2. The molecule has 0 saturated carbocycles. The van der Waals surface area contributed by atoms with Crippen LogP contribution in [-0.4, -0.2) is 49.6 Å². The lowest BCUT2D eigenvalue weighted by Crippen LogP contribution is -3.19. The number of carbonyl (C=O) groups is 2. The summed E-state index contributed by atoms with van der Waals surface area (Å²) in [5, 5.41) is 2.94. The Balaban J connectivity index is 1.51. The molecule has 1 atom stereocenters. The van der Waals surface area contributed by atoms with Crippen LogP contribution in [0, 0.1) is 13.8 Å². The van der Waals surface area contributed by atoms with Gasteiger partial charge in [-0.25, -0.2) is 0 Å². The van der Waals surface area contributed by atoms with E-state index in [0.717, 1.165) is 31.9 Å². The van der Waals surface area contributed by atoms with E-state index in [1.54, 1.807) is 4.90 Å². The van der Waals surface area contributed by atoms with E-state index in [1.807, 2.05) is 45.0 Å². The molecule has 2 aromatic carbocycles. The molecule has 0 spiro atoms. The molecule has 0 bridgehead atoms. The molecule has 0 aliphatic carbocycles. The molecule has 6 nitrogen and oxygen atoms in total. The van der Waals surface area contributed by atoms with Gasteiger partial charge in [-0.2, -0.15) is 0 Å². The van der Waals surface area contributed by atoms with Crippen molar-refractivity contribution < 1.29 is 14.5 Å². The van der Waals surface area contributed by atoms with E-state index in [0.29, 0.717) is 5.69 Å². The van der Waals surface area contributed by atoms with Crippen LogP contribution in [0.2, 0.25) is 0 Å². The second-order valence-electron chi connectivity index (χ2n) is 9.29. The summed E-state index contributed by atoms with van der Waals surface area (Å²) in [6.07, 6.45) is 0. The predicted molar refractivity (Wildman–Crippen MR) is 125 cm³/mol. The number of piperazine rings is 1. The van der Waals surface area contributed by atoms with Crippen LogP contribution in [0.5, 0.6) is 0 Å². The van der Waals surface area contributed by atoms with Gasteiger partial charge in [0.05, 0.1) is 37.6 Å². The Labute approximate surface area is 184 Å². The summed E-state index contributed by atoms with van der Waals surface area (Å²) in [4.78, 5) is 31.8. The van der Waals surface area contributed by atoms with Crippen LogP contribution in [0.1, 0.15) is 31.9 Å². The lowest BCUT2D eigenvalue weighted by molar-refractivity contribution is -0.914. The first-order valence-electron chi connectivity index (χ1n) is 11.1. The van der Waals surface area contributed by atoms with Crippen molar-refractivity contribution in [1.29, 1.82) is 0 Å². The fourth-order valence-electron chi connectivity index (χ4n) is 4.76. The van der Waals surface area contributed by atoms with E-state index in [9.17, 15) is 9.59 Å². The highest BCUT2D eigenvalue weighted by atomic mass is 16.2. The van der Waals surface area contributed by atoms with Crippen LogP contribution in [0.25, 0.3) is 0 Å². The van der Waals surface area contributed by atoms with Gasteiger partial charge in [-0.15, -0.1) is 0 Å². The molecule has 4 rings (SSSR count). The predicted octanol–water partition coefficient (Wildman–Crippen LogP) is 2.16. The molecule has 2 heterocycles. The number of aryl methyl sites for hydroxylation is 1. The molecule has 164 valence electrons. The molecule has 31 heavy (non-hydrogen) atoms. The molecule has 2 N–H and O–H groups in total. The highest BCUT2D eigenvalue weighted by Crippen LogP contribution is 2.36. The molecule has 0 radical (unpaired) electrons. The molecule has 2 aliphatic rings. The minimum atomic E-state index is -0.931. The second kappa shape index (κ2) is 8.00. The average Bonchev–Trinajstić information content (AvgIpc) is 2.76. The number of hydrogen-bond acceptors (Lipinski definition) is 3. The zero-order valence-electron chi connectivity index (χ0n) is 19.2. The van der Waals surface area contributed by atoms with Gasteiger partial charge in [0, 0.05) is 5.69 Å². The Kier molecular flexibility index (Phi) is 5.52. The molecule has 6 heteroatoms. The molecular formula is C25H33N4O2+. The minimum absolute atomic E-state index is 0.00230. The molecular weight excluding hydrogens is 388 g/mol. The van der Waals surface area contributed by atoms with Crippen LogP contribution in [-0.2, 0) is 9.59 Å². The molecule has 1 fully saturated rings. The van der Waals surface area contributed by atoms with Crippen molar-refractivity contribution in [3.05, 3.63) is 53.6 Å². The largest absolute Gasteiger partial charge is 0.360 e. The zero-order valence-corrected chi connectivity index (χ0v) is 19.2. The third-order valence-corrected chi connectivity index (χ3v) is 7.03. The summed E-state index contributed by atoms with van der Waals surface area (Å²) in [5.41, 5.74) is 4.47. The minimum Gasteiger partial charge on any atom is -0.360 e. The van der Waals surface area contributed by atoms with Gasteiger partial charge in [-0.05, 0) is 63.9 Å². The van der Waals surface area contributed by atoms with Crippen LogP contribution in [0.4, 0.5) is 17.1 Å². The maximum Gasteiger partial charge on any atom is 0.285 e. The van der Waals surface area contributed by atoms with Crippen molar-refractivity contribution in [3.63, 3.8) is 0 Å². The third-order valence-electron chi connectivity index (χ3n) is 7.03. The Morgan fingerprint density at radius 3 is 2.39 bits per heavy atom. The number of nitrogens with zero attached hydrogens (tertiary/aromatic N) is 2. The van der Waals surface area contributed by atoms with Crippen molar-refractivity contribution in [1.82, 2.24) is 0 Å². The van der Waals surface area contributed by atoms with Crippen LogP contribution in [0.3, 0.4) is 0 Å². The normalized spacial score (nSPS) is 19.6. The molecule has 1 saturated heterocycles. The first kappa shape index (κ1) is 21.4. The van der Waals surface area contributed by atoms with E-state index >= 15 is 0 Å². The lowest BCUT2D eigenvalue weighted by atomic mass is 9.95. The number of benzene rings is 2. The standard InChI is InChI=1S/C25H32N4O2/c1-17-9-8-12-21(18(17)2)28-15-13-27(14-16-28)19(3)23(30)29-22-11-7-6-10-20(22)26-24(31)25(29,4)5/h6-12,19H,13-16H2,1-5H3,(H,26,31)/p+1/t19-/m0/s1. The Bertz CT molecular complexity index is 1010. The number of quaternary nitrogens is 1. The third kappa shape index (κ3) is 3.69. The van der Waals surface area contributed by atoms with Gasteiger partial charge < -0.3 is 15.1 Å². The van der Waals surface area contributed by atoms with Crippen LogP contribution in [0.15, 0.2) is 42.5 Å². The Morgan fingerprint density at radius 2 is 1.68 bits per heavy atom. The topological polar surface area (TPSA) is 57.1 Å². The first-order chi connectivity index (χ1) is 14.7. The van der Waals surface area contributed by atoms with Crippen molar-refractivity contribution >= 4 is 28.9 Å². The number of para-hydroxylation sites is 2. The Hall–Kier alpha value is -2.86. The average molecular weight is 422 g/mol. The van der Waals surface area contributed by atoms with Gasteiger partial charge in [0.2, 0.25) is 5.91 Å². The van der Waals surface area contributed by atoms with E-state index < -0.39 is 5.54 Å². The van der Waals surface area contributed by atoms with E-state index in [-0.39, 0.29) is 17.9 Å². The monoisotopic (exact) mass is 421 g/mol. The fourth-order valence-corrected chi connectivity index (χ4v) is 4.76. The maximum atomic E-state index is 13.7. The molecule has 2 aliphatic heterocycles. The van der Waals surface area contributed by atoms with Crippen molar-refractivity contribution in [2.24, 2.45) is 0 Å². The highest BCUT2D eigenvalue weighted by molar-refractivity contribution is 6.14. The van der Waals surface area contributed by atoms with Gasteiger partial charge in [-0.3, -0.25) is 14.5 Å². The number of fused-ring (bicyclic) bond motifs is 1. The second-order valence-corrected chi connectivity index (χ2v) is 9.29. The summed E-state index contributed by atoms with van der Waals surface area (Å²) < 4.78 is 0. The Morgan fingerprint density at radius 1 is 1.03 bits per heavy atom. The van der Waals surface area contributed by atoms with E-state index in [4.69, 9.17) is 0 Å². The quantitative estimate of drug-likeness (QED) is 0.799. The van der Waals surface area contributed by atoms with E-state index in [2.05, 4.69) is 42.3 Å². The van der Waals surface area contributed by atoms with Crippen LogP contribution >= 0.6 is 0 Å². The smallest absolute Gasteiger partial charge is 0.285 e. The zero-order chi connectivity index (χ0) is 22.3. The lowest BCUT2D eigenvalue weighted by Gasteiger charge is -2.44. The summed E-state index contributed by atoms with van der Waals surface area (Å²) in [6, 6.07) is 13.8. The summed E-state index contributed by atoms with van der Waals surface area (Å²) >= 11 is 0. The van der Waals surface area contributed by atoms with Gasteiger partial charge in [0.15, 0.2) is 6.04 Å². The van der Waals surface area contributed by atoms with Crippen molar-refractivity contribution in [2.75, 3.05) is 41.3 Å². The number of nitrogens with one attached hydrogen (secondary N) is 2. The number of anilines is 3. The highest BCUT2D eigenvalue weighted by Gasteiger charge is 2.46. The molecule has 0 aromatic heterocycles. The SMILES string of the molecule is Cc1cccc(N2CC[NH+]([C@@H](C)C(=O)N3c4ccccc4NC(=O)C3(C)C)CC2)c1C. The van der Waals surface area contributed by atoms with Gasteiger partial charge in [0.1, 0.15) is 5.54 Å². The number of hydrogen-bond donors (Lipinski definition) is 2. The maximum absolute atomic E-state index is 13.7. The first-order valence-corrected chi connectivity index (χ1v) is 11.1. The van der Waals surface area contributed by atoms with Gasteiger partial charge in [0.25, 0.3) is 5.91 Å². The van der Waals surface area contributed by atoms with Gasteiger partial charge in [-0.1, -0.05) is 24.3 Å². The van der Waals surface area contributed by atoms with Crippen molar-refractivity contribution in [2.45, 2.75) is 46.2 Å².